The van der Waals surface area contributed by atoms with Gasteiger partial charge in [-0.05, 0) is 25.0 Å². The number of amides is 3. The molecule has 25 heavy (non-hydrogen) atoms. The number of piperidine rings is 1. The number of alkyl halides is 3. The molecule has 2 aliphatic rings. The first-order valence-corrected chi connectivity index (χ1v) is 7.83. The van der Waals surface area contributed by atoms with E-state index >= 15 is 0 Å². The quantitative estimate of drug-likeness (QED) is 0.835. The lowest BCUT2D eigenvalue weighted by Gasteiger charge is -2.36. The van der Waals surface area contributed by atoms with E-state index in [1.165, 1.54) is 4.90 Å². The number of fused-ring (bicyclic) bond motifs is 1. The van der Waals surface area contributed by atoms with Crippen LogP contribution in [-0.4, -0.2) is 48.4 Å². The van der Waals surface area contributed by atoms with E-state index in [1.807, 2.05) is 0 Å². The van der Waals surface area contributed by atoms with Crippen molar-refractivity contribution in [1.29, 1.82) is 0 Å². The van der Waals surface area contributed by atoms with Gasteiger partial charge < -0.3 is 15.1 Å². The highest BCUT2D eigenvalue weighted by atomic mass is 19.4. The molecule has 1 saturated heterocycles. The standard InChI is InChI=1S/C16H16F3N3O3/c17-16(18,19)15(25)21-7-5-10(6-8-21)14(24)22-9-13(23)20-11-3-1-2-4-12(11)22/h1-4,10H,5-9H2,(H,20,23). The molecule has 2 heterocycles. The molecule has 1 aromatic rings. The van der Waals surface area contributed by atoms with Crippen LogP contribution in [0.15, 0.2) is 24.3 Å². The van der Waals surface area contributed by atoms with Gasteiger partial charge in [-0.15, -0.1) is 0 Å². The maximum absolute atomic E-state index is 12.8. The smallest absolute Gasteiger partial charge is 0.335 e. The second kappa shape index (κ2) is 6.38. The van der Waals surface area contributed by atoms with Gasteiger partial charge in [-0.1, -0.05) is 12.1 Å². The van der Waals surface area contributed by atoms with Crippen LogP contribution in [0, 0.1) is 5.92 Å². The third-order valence-electron chi connectivity index (χ3n) is 4.41. The van der Waals surface area contributed by atoms with Crippen molar-refractivity contribution in [3.05, 3.63) is 24.3 Å². The average molecular weight is 355 g/mol. The molecule has 0 spiro atoms. The van der Waals surface area contributed by atoms with Gasteiger partial charge in [0.15, 0.2) is 0 Å². The zero-order valence-corrected chi connectivity index (χ0v) is 13.2. The zero-order valence-electron chi connectivity index (χ0n) is 13.2. The van der Waals surface area contributed by atoms with Gasteiger partial charge in [0.2, 0.25) is 11.8 Å². The van der Waals surface area contributed by atoms with Crippen LogP contribution in [-0.2, 0) is 14.4 Å². The number of benzene rings is 1. The third kappa shape index (κ3) is 3.45. The second-order valence-corrected chi connectivity index (χ2v) is 6.05. The Balaban J connectivity index is 1.69. The number of carbonyl (C=O) groups is 3. The number of carbonyl (C=O) groups excluding carboxylic acids is 3. The Bertz CT molecular complexity index is 712. The lowest BCUT2D eigenvalue weighted by atomic mass is 9.94. The molecular formula is C16H16F3N3O3. The lowest BCUT2D eigenvalue weighted by Crippen LogP contribution is -2.50. The Morgan fingerprint density at radius 1 is 1.12 bits per heavy atom. The Hall–Kier alpha value is -2.58. The molecule has 6 nitrogen and oxygen atoms in total. The van der Waals surface area contributed by atoms with E-state index in [2.05, 4.69) is 5.32 Å². The van der Waals surface area contributed by atoms with Crippen LogP contribution in [0.2, 0.25) is 0 Å². The molecule has 0 aliphatic carbocycles. The highest BCUT2D eigenvalue weighted by molar-refractivity contribution is 6.10. The van der Waals surface area contributed by atoms with Gasteiger partial charge in [-0.2, -0.15) is 13.2 Å². The summed E-state index contributed by atoms with van der Waals surface area (Å²) in [5, 5.41) is 2.68. The largest absolute Gasteiger partial charge is 0.471 e. The molecule has 1 N–H and O–H groups in total. The van der Waals surface area contributed by atoms with E-state index in [9.17, 15) is 27.6 Å². The Morgan fingerprint density at radius 3 is 2.40 bits per heavy atom. The molecule has 0 radical (unpaired) electrons. The number of anilines is 2. The van der Waals surface area contributed by atoms with Gasteiger partial charge in [-0.25, -0.2) is 0 Å². The molecule has 1 fully saturated rings. The van der Waals surface area contributed by atoms with Crippen LogP contribution >= 0.6 is 0 Å². The highest BCUT2D eigenvalue weighted by Crippen LogP contribution is 2.32. The number of nitrogens with one attached hydrogen (secondary N) is 1. The van der Waals surface area contributed by atoms with Crippen molar-refractivity contribution in [3.8, 4) is 0 Å². The predicted molar refractivity (Wildman–Crippen MR) is 82.8 cm³/mol. The van der Waals surface area contributed by atoms with Crippen molar-refractivity contribution in [1.82, 2.24) is 4.90 Å². The fourth-order valence-electron chi connectivity index (χ4n) is 3.16. The number of halogens is 3. The summed E-state index contributed by atoms with van der Waals surface area (Å²) >= 11 is 0. The van der Waals surface area contributed by atoms with E-state index in [4.69, 9.17) is 0 Å². The van der Waals surface area contributed by atoms with Crippen LogP contribution < -0.4 is 10.2 Å². The van der Waals surface area contributed by atoms with Gasteiger partial charge in [0, 0.05) is 19.0 Å². The number of hydrogen-bond donors (Lipinski definition) is 1. The number of hydrogen-bond acceptors (Lipinski definition) is 3. The summed E-state index contributed by atoms with van der Waals surface area (Å²) < 4.78 is 37.4. The molecule has 3 rings (SSSR count). The molecule has 2 aliphatic heterocycles. The minimum absolute atomic E-state index is 0.127. The first-order valence-electron chi connectivity index (χ1n) is 7.83. The van der Waals surface area contributed by atoms with E-state index in [0.717, 1.165) is 4.90 Å². The molecule has 0 bridgehead atoms. The fourth-order valence-corrected chi connectivity index (χ4v) is 3.16. The molecule has 9 heteroatoms. The van der Waals surface area contributed by atoms with Crippen molar-refractivity contribution >= 4 is 29.1 Å². The van der Waals surface area contributed by atoms with Crippen molar-refractivity contribution < 1.29 is 27.6 Å². The lowest BCUT2D eigenvalue weighted by molar-refractivity contribution is -0.186. The normalized spacial score (nSPS) is 18.6. The van der Waals surface area contributed by atoms with Crippen LogP contribution in [0.5, 0.6) is 0 Å². The summed E-state index contributed by atoms with van der Waals surface area (Å²) in [4.78, 5) is 37.9. The van der Waals surface area contributed by atoms with Crippen molar-refractivity contribution in [2.75, 3.05) is 29.9 Å². The molecular weight excluding hydrogens is 339 g/mol. The Morgan fingerprint density at radius 2 is 1.76 bits per heavy atom. The minimum Gasteiger partial charge on any atom is -0.335 e. The molecule has 0 atom stereocenters. The van der Waals surface area contributed by atoms with Crippen LogP contribution in [0.25, 0.3) is 0 Å². The monoisotopic (exact) mass is 355 g/mol. The molecule has 134 valence electrons. The number of nitrogens with zero attached hydrogens (tertiary/aromatic N) is 2. The Labute approximate surface area is 141 Å². The number of rotatable bonds is 1. The first kappa shape index (κ1) is 17.2. The van der Waals surface area contributed by atoms with E-state index in [0.29, 0.717) is 11.4 Å². The molecule has 0 saturated carbocycles. The fraction of sp³-hybridized carbons (Fsp3) is 0.438. The maximum atomic E-state index is 12.8. The van der Waals surface area contributed by atoms with Gasteiger partial charge in [0.25, 0.3) is 0 Å². The Kier molecular flexibility index (Phi) is 4.40. The summed E-state index contributed by atoms with van der Waals surface area (Å²) in [6.45, 7) is -0.385. The summed E-state index contributed by atoms with van der Waals surface area (Å²) in [6.07, 6.45) is -4.62. The predicted octanol–water partition coefficient (Wildman–Crippen LogP) is 1.77. The minimum atomic E-state index is -4.90. The maximum Gasteiger partial charge on any atom is 0.471 e. The zero-order chi connectivity index (χ0) is 18.2. The SMILES string of the molecule is O=C1CN(C(=O)C2CCN(C(=O)C(F)(F)F)CC2)c2ccccc2N1. The summed E-state index contributed by atoms with van der Waals surface area (Å²) in [7, 11) is 0. The van der Waals surface area contributed by atoms with E-state index < -0.39 is 18.0 Å². The average Bonchev–Trinajstić information content (AvgIpc) is 2.59. The molecule has 0 aromatic heterocycles. The second-order valence-electron chi connectivity index (χ2n) is 6.05. The van der Waals surface area contributed by atoms with Gasteiger partial charge in [0.05, 0.1) is 11.4 Å². The van der Waals surface area contributed by atoms with Gasteiger partial charge >= 0.3 is 12.1 Å². The molecule has 1 aromatic carbocycles. The first-order chi connectivity index (χ1) is 11.8. The van der Waals surface area contributed by atoms with Crippen LogP contribution in [0.4, 0.5) is 24.5 Å². The third-order valence-corrected chi connectivity index (χ3v) is 4.41. The topological polar surface area (TPSA) is 69.7 Å². The summed E-state index contributed by atoms with van der Waals surface area (Å²) in [6, 6.07) is 6.85. The van der Waals surface area contributed by atoms with Crippen molar-refractivity contribution in [2.45, 2.75) is 19.0 Å². The van der Waals surface area contributed by atoms with Crippen LogP contribution in [0.1, 0.15) is 12.8 Å². The summed E-state index contributed by atoms with van der Waals surface area (Å²) in [5.41, 5.74) is 1.10. The van der Waals surface area contributed by atoms with Crippen molar-refractivity contribution in [2.24, 2.45) is 5.92 Å². The van der Waals surface area contributed by atoms with Crippen LogP contribution in [0.3, 0.4) is 0 Å². The van der Waals surface area contributed by atoms with Crippen molar-refractivity contribution in [3.63, 3.8) is 0 Å². The number of para-hydroxylation sites is 2. The number of likely N-dealkylation sites (tertiary alicyclic amines) is 1. The molecule has 0 unspecified atom stereocenters. The van der Waals surface area contributed by atoms with E-state index in [1.54, 1.807) is 24.3 Å². The summed E-state index contributed by atoms with van der Waals surface area (Å²) in [5.74, 6) is -3.02. The van der Waals surface area contributed by atoms with Gasteiger partial charge in [-0.3, -0.25) is 14.4 Å². The van der Waals surface area contributed by atoms with Gasteiger partial charge in [0.1, 0.15) is 6.54 Å². The van der Waals surface area contributed by atoms with E-state index in [-0.39, 0.29) is 44.3 Å². The molecule has 3 amide bonds. The highest BCUT2D eigenvalue weighted by Gasteiger charge is 2.44.